The number of hydrogen-bond acceptors (Lipinski definition) is 1. The molecule has 0 aromatic carbocycles. The van der Waals surface area contributed by atoms with Gasteiger partial charge in [0.2, 0.25) is 5.91 Å². The fourth-order valence-electron chi connectivity index (χ4n) is 1.69. The monoisotopic (exact) mass is 179 g/mol. The Morgan fingerprint density at radius 3 is 2.85 bits per heavy atom. The summed E-state index contributed by atoms with van der Waals surface area (Å²) in [4.78, 5) is 10.8. The van der Waals surface area contributed by atoms with E-state index in [9.17, 15) is 4.79 Å². The van der Waals surface area contributed by atoms with Crippen molar-refractivity contribution in [3.05, 3.63) is 23.3 Å². The van der Waals surface area contributed by atoms with E-state index in [0.717, 1.165) is 12.8 Å². The molecule has 1 amide bonds. The van der Waals surface area contributed by atoms with Gasteiger partial charge < -0.3 is 5.32 Å². The molecule has 0 aliphatic heterocycles. The molecule has 1 aliphatic rings. The molecule has 1 unspecified atom stereocenters. The highest BCUT2D eigenvalue weighted by molar-refractivity contribution is 5.73. The van der Waals surface area contributed by atoms with Crippen LogP contribution in [-0.2, 0) is 4.79 Å². The van der Waals surface area contributed by atoms with Crippen LogP contribution in [0.25, 0.3) is 0 Å². The molecule has 0 saturated carbocycles. The van der Waals surface area contributed by atoms with Crippen molar-refractivity contribution in [2.45, 2.75) is 39.7 Å². The Labute approximate surface area is 79.7 Å². The normalized spacial score (nSPS) is 21.9. The number of rotatable bonds is 2. The van der Waals surface area contributed by atoms with Crippen LogP contribution in [0.1, 0.15) is 33.6 Å². The molecular formula is C11H17NO. The predicted molar refractivity (Wildman–Crippen MR) is 54.4 cm³/mol. The number of nitrogens with one attached hydrogen (secondary N) is 1. The molecule has 0 bridgehead atoms. The van der Waals surface area contributed by atoms with Crippen molar-refractivity contribution in [1.82, 2.24) is 5.32 Å². The standard InChI is InChI=1S/C11H17NO/c1-4-10-5-6-11(7-8(10)2)12-9(3)13/h5,7,11H,4,6H2,1-3H3,(H,12,13). The quantitative estimate of drug-likeness (QED) is 0.691. The fraction of sp³-hybridized carbons (Fsp3) is 0.545. The summed E-state index contributed by atoms with van der Waals surface area (Å²) in [6, 6.07) is 0.202. The van der Waals surface area contributed by atoms with E-state index in [2.05, 4.69) is 31.3 Å². The van der Waals surface area contributed by atoms with Gasteiger partial charge in [0, 0.05) is 6.92 Å². The molecule has 1 aliphatic carbocycles. The smallest absolute Gasteiger partial charge is 0.217 e. The highest BCUT2D eigenvalue weighted by Crippen LogP contribution is 2.20. The molecule has 1 rings (SSSR count). The van der Waals surface area contributed by atoms with Crippen LogP contribution in [0.2, 0.25) is 0 Å². The average molecular weight is 179 g/mol. The Hall–Kier alpha value is -1.05. The maximum absolute atomic E-state index is 10.8. The molecule has 0 aromatic heterocycles. The molecule has 72 valence electrons. The minimum absolute atomic E-state index is 0.0439. The molecule has 0 fully saturated rings. The van der Waals surface area contributed by atoms with Crippen LogP contribution in [0.5, 0.6) is 0 Å². The summed E-state index contributed by atoms with van der Waals surface area (Å²) < 4.78 is 0. The summed E-state index contributed by atoms with van der Waals surface area (Å²) in [6.07, 6.45) is 6.37. The summed E-state index contributed by atoms with van der Waals surface area (Å²) in [6.45, 7) is 5.81. The van der Waals surface area contributed by atoms with Crippen LogP contribution < -0.4 is 5.32 Å². The highest BCUT2D eigenvalue weighted by atomic mass is 16.1. The van der Waals surface area contributed by atoms with E-state index in [1.54, 1.807) is 6.92 Å². The lowest BCUT2D eigenvalue weighted by molar-refractivity contribution is -0.119. The number of carbonyl (C=O) groups is 1. The zero-order valence-electron chi connectivity index (χ0n) is 8.55. The van der Waals surface area contributed by atoms with Gasteiger partial charge in [0.15, 0.2) is 0 Å². The summed E-state index contributed by atoms with van der Waals surface area (Å²) in [5, 5.41) is 2.90. The second-order valence-corrected chi connectivity index (χ2v) is 3.48. The van der Waals surface area contributed by atoms with Crippen LogP contribution in [0.15, 0.2) is 23.3 Å². The third kappa shape index (κ3) is 2.72. The summed E-state index contributed by atoms with van der Waals surface area (Å²) in [5.74, 6) is 0.0439. The van der Waals surface area contributed by atoms with Crippen molar-refractivity contribution < 1.29 is 4.79 Å². The third-order valence-electron chi connectivity index (χ3n) is 2.35. The Balaban J connectivity index is 2.60. The van der Waals surface area contributed by atoms with Crippen molar-refractivity contribution in [3.63, 3.8) is 0 Å². The topological polar surface area (TPSA) is 29.1 Å². The molecule has 0 saturated heterocycles. The molecule has 2 heteroatoms. The molecule has 0 aromatic rings. The summed E-state index contributed by atoms with van der Waals surface area (Å²) >= 11 is 0. The van der Waals surface area contributed by atoms with Gasteiger partial charge in [-0.3, -0.25) is 4.79 Å². The zero-order chi connectivity index (χ0) is 9.84. The van der Waals surface area contributed by atoms with Gasteiger partial charge in [-0.15, -0.1) is 0 Å². The van der Waals surface area contributed by atoms with Crippen LogP contribution in [-0.4, -0.2) is 11.9 Å². The lowest BCUT2D eigenvalue weighted by Gasteiger charge is -2.19. The van der Waals surface area contributed by atoms with Crippen LogP contribution in [0.4, 0.5) is 0 Å². The maximum atomic E-state index is 10.8. The first-order valence-corrected chi connectivity index (χ1v) is 4.78. The number of amides is 1. The first-order chi connectivity index (χ1) is 6.13. The zero-order valence-corrected chi connectivity index (χ0v) is 8.55. The number of allylic oxidation sites excluding steroid dienone is 2. The SMILES string of the molecule is CCC1=CCC(NC(C)=O)C=C1C. The highest BCUT2D eigenvalue weighted by Gasteiger charge is 2.11. The molecular weight excluding hydrogens is 162 g/mol. The van der Waals surface area contributed by atoms with Crippen LogP contribution in [0.3, 0.4) is 0 Å². The van der Waals surface area contributed by atoms with E-state index in [1.165, 1.54) is 11.1 Å². The van der Waals surface area contributed by atoms with Gasteiger partial charge in [-0.1, -0.05) is 24.6 Å². The first-order valence-electron chi connectivity index (χ1n) is 4.78. The minimum Gasteiger partial charge on any atom is -0.350 e. The van der Waals surface area contributed by atoms with Crippen molar-refractivity contribution in [3.8, 4) is 0 Å². The van der Waals surface area contributed by atoms with E-state index in [0.29, 0.717) is 0 Å². The maximum Gasteiger partial charge on any atom is 0.217 e. The average Bonchev–Trinajstić information content (AvgIpc) is 2.03. The largest absolute Gasteiger partial charge is 0.350 e. The van der Waals surface area contributed by atoms with Gasteiger partial charge >= 0.3 is 0 Å². The second kappa shape index (κ2) is 4.26. The molecule has 2 nitrogen and oxygen atoms in total. The van der Waals surface area contributed by atoms with Gasteiger partial charge in [0.05, 0.1) is 6.04 Å². The van der Waals surface area contributed by atoms with Gasteiger partial charge in [0.25, 0.3) is 0 Å². The van der Waals surface area contributed by atoms with Crippen molar-refractivity contribution in [1.29, 1.82) is 0 Å². The van der Waals surface area contributed by atoms with Crippen molar-refractivity contribution in [2.24, 2.45) is 0 Å². The first kappa shape index (κ1) is 10.0. The van der Waals surface area contributed by atoms with E-state index in [-0.39, 0.29) is 11.9 Å². The molecule has 0 spiro atoms. The lowest BCUT2D eigenvalue weighted by atomic mass is 9.94. The minimum atomic E-state index is 0.0439. The summed E-state index contributed by atoms with van der Waals surface area (Å²) in [7, 11) is 0. The Bertz CT molecular complexity index is 263. The van der Waals surface area contributed by atoms with Gasteiger partial charge in [0.1, 0.15) is 0 Å². The van der Waals surface area contributed by atoms with Gasteiger partial charge in [-0.25, -0.2) is 0 Å². The van der Waals surface area contributed by atoms with Crippen LogP contribution in [0, 0.1) is 0 Å². The Morgan fingerprint density at radius 1 is 1.69 bits per heavy atom. The van der Waals surface area contributed by atoms with Crippen LogP contribution >= 0.6 is 0 Å². The molecule has 0 heterocycles. The van der Waals surface area contributed by atoms with E-state index in [1.807, 2.05) is 0 Å². The van der Waals surface area contributed by atoms with E-state index in [4.69, 9.17) is 0 Å². The van der Waals surface area contributed by atoms with Crippen molar-refractivity contribution in [2.75, 3.05) is 0 Å². The van der Waals surface area contributed by atoms with E-state index >= 15 is 0 Å². The molecule has 1 N–H and O–H groups in total. The molecule has 1 atom stereocenters. The van der Waals surface area contributed by atoms with Gasteiger partial charge in [-0.05, 0) is 25.3 Å². The predicted octanol–water partition coefficient (Wildman–Crippen LogP) is 2.18. The Kier molecular flexibility index (Phi) is 3.29. The number of hydrogen-bond donors (Lipinski definition) is 1. The fourth-order valence-corrected chi connectivity index (χ4v) is 1.69. The van der Waals surface area contributed by atoms with Crippen molar-refractivity contribution >= 4 is 5.91 Å². The molecule has 0 radical (unpaired) electrons. The molecule has 13 heavy (non-hydrogen) atoms. The lowest BCUT2D eigenvalue weighted by Crippen LogP contribution is -2.32. The second-order valence-electron chi connectivity index (χ2n) is 3.48. The summed E-state index contributed by atoms with van der Waals surface area (Å²) in [5.41, 5.74) is 2.70. The number of carbonyl (C=O) groups excluding carboxylic acids is 1. The van der Waals surface area contributed by atoms with E-state index < -0.39 is 0 Å². The Morgan fingerprint density at radius 2 is 2.38 bits per heavy atom. The third-order valence-corrected chi connectivity index (χ3v) is 2.35. The van der Waals surface area contributed by atoms with Gasteiger partial charge in [-0.2, -0.15) is 0 Å².